The van der Waals surface area contributed by atoms with Crippen LogP contribution in [0.1, 0.15) is 46.0 Å². The van der Waals surface area contributed by atoms with Crippen LogP contribution in [0.5, 0.6) is 0 Å². The number of primary amides is 1. The van der Waals surface area contributed by atoms with E-state index in [2.05, 4.69) is 5.32 Å². The Morgan fingerprint density at radius 2 is 1.82 bits per heavy atom. The highest BCUT2D eigenvalue weighted by Crippen LogP contribution is 2.11. The van der Waals surface area contributed by atoms with Gasteiger partial charge in [0, 0.05) is 6.42 Å². The number of nitrogens with one attached hydrogen (secondary N) is 1. The van der Waals surface area contributed by atoms with Crippen molar-refractivity contribution in [2.75, 3.05) is 6.54 Å². The maximum Gasteiger partial charge on any atom is 0.303 e. The molecular formula is C12H24N2O3. The van der Waals surface area contributed by atoms with E-state index in [1.165, 1.54) is 0 Å². The first-order valence-electron chi connectivity index (χ1n) is 6.25. The van der Waals surface area contributed by atoms with Crippen molar-refractivity contribution in [3.8, 4) is 0 Å². The number of aliphatic carboxylic acids is 1. The van der Waals surface area contributed by atoms with Gasteiger partial charge in [-0.3, -0.25) is 9.59 Å². The Balaban J connectivity index is 4.15. The van der Waals surface area contributed by atoms with Crippen LogP contribution in [0.3, 0.4) is 0 Å². The van der Waals surface area contributed by atoms with Crippen LogP contribution in [0.4, 0.5) is 0 Å². The molecule has 0 aliphatic heterocycles. The standard InChI is InChI=1S/C12H24N2O3/c1-3-5-9(7-11(15)16)8-14-10(6-4-2)12(13)17/h9-10,14H,3-8H2,1-2H3,(H2,13,17)(H,15,16)/t9-,10-/m0/s1. The first-order chi connectivity index (χ1) is 8.01. The fourth-order valence-corrected chi connectivity index (χ4v) is 1.87. The van der Waals surface area contributed by atoms with Gasteiger partial charge in [0.25, 0.3) is 0 Å². The van der Waals surface area contributed by atoms with Crippen LogP contribution in [0, 0.1) is 5.92 Å². The van der Waals surface area contributed by atoms with E-state index in [0.29, 0.717) is 13.0 Å². The largest absolute Gasteiger partial charge is 0.481 e. The molecule has 100 valence electrons. The van der Waals surface area contributed by atoms with Gasteiger partial charge >= 0.3 is 5.97 Å². The van der Waals surface area contributed by atoms with Crippen molar-refractivity contribution in [3.05, 3.63) is 0 Å². The number of carboxylic acids is 1. The minimum absolute atomic E-state index is 0.0659. The van der Waals surface area contributed by atoms with Crippen molar-refractivity contribution in [3.63, 3.8) is 0 Å². The van der Waals surface area contributed by atoms with Gasteiger partial charge in [0.2, 0.25) is 5.91 Å². The Hall–Kier alpha value is -1.10. The lowest BCUT2D eigenvalue weighted by molar-refractivity contribution is -0.138. The molecule has 0 bridgehead atoms. The van der Waals surface area contributed by atoms with Crippen molar-refractivity contribution in [2.45, 2.75) is 52.0 Å². The fourth-order valence-electron chi connectivity index (χ4n) is 1.87. The van der Waals surface area contributed by atoms with Crippen LogP contribution in [-0.4, -0.2) is 29.6 Å². The molecule has 0 aromatic heterocycles. The molecule has 17 heavy (non-hydrogen) atoms. The minimum Gasteiger partial charge on any atom is -0.481 e. The Morgan fingerprint density at radius 3 is 2.24 bits per heavy atom. The van der Waals surface area contributed by atoms with Crippen LogP contribution in [-0.2, 0) is 9.59 Å². The summed E-state index contributed by atoms with van der Waals surface area (Å²) in [5, 5.41) is 11.8. The summed E-state index contributed by atoms with van der Waals surface area (Å²) in [5.74, 6) is -1.09. The highest BCUT2D eigenvalue weighted by molar-refractivity contribution is 5.79. The van der Waals surface area contributed by atoms with E-state index in [0.717, 1.165) is 19.3 Å². The molecule has 0 saturated heterocycles. The SMILES string of the molecule is CCC[C@H](CN[C@@H](CCC)C(N)=O)CC(=O)O. The summed E-state index contributed by atoms with van der Waals surface area (Å²) in [4.78, 5) is 21.8. The van der Waals surface area contributed by atoms with Crippen LogP contribution in [0.15, 0.2) is 0 Å². The van der Waals surface area contributed by atoms with Crippen LogP contribution >= 0.6 is 0 Å². The molecule has 5 nitrogen and oxygen atoms in total. The second-order valence-electron chi connectivity index (χ2n) is 4.40. The predicted molar refractivity (Wildman–Crippen MR) is 66.5 cm³/mol. The van der Waals surface area contributed by atoms with Crippen molar-refractivity contribution in [1.29, 1.82) is 0 Å². The number of amides is 1. The molecule has 4 N–H and O–H groups in total. The smallest absolute Gasteiger partial charge is 0.303 e. The summed E-state index contributed by atoms with van der Waals surface area (Å²) >= 11 is 0. The van der Waals surface area contributed by atoms with Crippen molar-refractivity contribution in [1.82, 2.24) is 5.32 Å². The Morgan fingerprint density at radius 1 is 1.24 bits per heavy atom. The molecule has 1 amide bonds. The summed E-state index contributed by atoms with van der Waals surface area (Å²) in [6, 6.07) is -0.340. The molecule has 5 heteroatoms. The topological polar surface area (TPSA) is 92.4 Å². The van der Waals surface area contributed by atoms with E-state index in [4.69, 9.17) is 10.8 Å². The van der Waals surface area contributed by atoms with Gasteiger partial charge in [0.05, 0.1) is 6.04 Å². The molecule has 0 saturated carbocycles. The number of rotatable bonds is 10. The van der Waals surface area contributed by atoms with Crippen LogP contribution in [0.25, 0.3) is 0 Å². The Labute approximate surface area is 103 Å². The lowest BCUT2D eigenvalue weighted by Gasteiger charge is -2.19. The van der Waals surface area contributed by atoms with Gasteiger partial charge in [-0.05, 0) is 25.3 Å². The number of nitrogens with two attached hydrogens (primary N) is 1. The second kappa shape index (κ2) is 8.98. The van der Waals surface area contributed by atoms with Crippen LogP contribution < -0.4 is 11.1 Å². The molecule has 0 aliphatic rings. The fraction of sp³-hybridized carbons (Fsp3) is 0.833. The molecule has 0 aromatic rings. The summed E-state index contributed by atoms with van der Waals surface area (Å²) in [7, 11) is 0. The maximum atomic E-state index is 11.1. The minimum atomic E-state index is -0.795. The van der Waals surface area contributed by atoms with E-state index >= 15 is 0 Å². The third kappa shape index (κ3) is 7.74. The monoisotopic (exact) mass is 244 g/mol. The maximum absolute atomic E-state index is 11.1. The molecule has 0 radical (unpaired) electrons. The molecular weight excluding hydrogens is 220 g/mol. The molecule has 0 aromatic carbocycles. The predicted octanol–water partition coefficient (Wildman–Crippen LogP) is 1.12. The first kappa shape index (κ1) is 15.9. The molecule has 2 atom stereocenters. The van der Waals surface area contributed by atoms with E-state index in [1.807, 2.05) is 13.8 Å². The number of carboxylic acid groups (broad SMARTS) is 1. The molecule has 0 aliphatic carbocycles. The third-order valence-corrected chi connectivity index (χ3v) is 2.73. The van der Waals surface area contributed by atoms with Crippen molar-refractivity contribution in [2.24, 2.45) is 11.7 Å². The lowest BCUT2D eigenvalue weighted by atomic mass is 9.99. The van der Waals surface area contributed by atoms with Gasteiger partial charge in [0.15, 0.2) is 0 Å². The summed E-state index contributed by atoms with van der Waals surface area (Å²) < 4.78 is 0. The quantitative estimate of drug-likeness (QED) is 0.537. The molecule has 0 spiro atoms. The third-order valence-electron chi connectivity index (χ3n) is 2.73. The second-order valence-corrected chi connectivity index (χ2v) is 4.40. The Bertz CT molecular complexity index is 244. The highest BCUT2D eigenvalue weighted by atomic mass is 16.4. The molecule has 0 heterocycles. The number of carbonyl (C=O) groups is 2. The van der Waals surface area contributed by atoms with Gasteiger partial charge in [-0.2, -0.15) is 0 Å². The van der Waals surface area contributed by atoms with Gasteiger partial charge in [-0.15, -0.1) is 0 Å². The summed E-state index contributed by atoms with van der Waals surface area (Å²) in [5.41, 5.74) is 5.27. The average Bonchev–Trinajstić information content (AvgIpc) is 2.23. The Kier molecular flexibility index (Phi) is 8.40. The number of carbonyl (C=O) groups excluding carboxylic acids is 1. The number of hydrogen-bond donors (Lipinski definition) is 3. The van der Waals surface area contributed by atoms with E-state index in [-0.39, 0.29) is 24.3 Å². The van der Waals surface area contributed by atoms with Gasteiger partial charge in [-0.1, -0.05) is 26.7 Å². The van der Waals surface area contributed by atoms with Gasteiger partial charge in [0.1, 0.15) is 0 Å². The average molecular weight is 244 g/mol. The van der Waals surface area contributed by atoms with Crippen molar-refractivity contribution < 1.29 is 14.7 Å². The summed E-state index contributed by atoms with van der Waals surface area (Å²) in [6.45, 7) is 4.54. The first-order valence-corrected chi connectivity index (χ1v) is 6.25. The molecule has 0 unspecified atom stereocenters. The summed E-state index contributed by atoms with van der Waals surface area (Å²) in [6.07, 6.45) is 3.49. The highest BCUT2D eigenvalue weighted by Gasteiger charge is 2.17. The zero-order valence-electron chi connectivity index (χ0n) is 10.7. The van der Waals surface area contributed by atoms with E-state index in [9.17, 15) is 9.59 Å². The van der Waals surface area contributed by atoms with Gasteiger partial charge in [-0.25, -0.2) is 0 Å². The molecule has 0 fully saturated rings. The zero-order chi connectivity index (χ0) is 13.3. The van der Waals surface area contributed by atoms with E-state index in [1.54, 1.807) is 0 Å². The lowest BCUT2D eigenvalue weighted by Crippen LogP contribution is -2.43. The van der Waals surface area contributed by atoms with Crippen LogP contribution in [0.2, 0.25) is 0 Å². The number of hydrogen-bond acceptors (Lipinski definition) is 3. The van der Waals surface area contributed by atoms with Crippen molar-refractivity contribution >= 4 is 11.9 Å². The van der Waals surface area contributed by atoms with Gasteiger partial charge < -0.3 is 16.2 Å². The van der Waals surface area contributed by atoms with E-state index < -0.39 is 5.97 Å². The zero-order valence-corrected chi connectivity index (χ0v) is 10.7. The molecule has 0 rings (SSSR count). The normalized spacial score (nSPS) is 14.2.